The van der Waals surface area contributed by atoms with E-state index in [1.54, 1.807) is 0 Å². The third-order valence-corrected chi connectivity index (χ3v) is 4.98. The third-order valence-electron chi connectivity index (χ3n) is 4.98. The lowest BCUT2D eigenvalue weighted by Gasteiger charge is -2.47. The second kappa shape index (κ2) is 6.88. The van der Waals surface area contributed by atoms with Crippen molar-refractivity contribution < 1.29 is 0 Å². The first-order valence-corrected chi connectivity index (χ1v) is 7.94. The van der Waals surface area contributed by atoms with E-state index in [0.29, 0.717) is 6.04 Å². The van der Waals surface area contributed by atoms with Gasteiger partial charge in [0, 0.05) is 38.3 Å². The number of nitrogens with zero attached hydrogens (tertiary/aromatic N) is 2. The minimum atomic E-state index is 0.606. The molecule has 3 heteroatoms. The SMILES string of the molecule is CCCC(C)C(CN)N1CCN2CCCCC2C1. The van der Waals surface area contributed by atoms with E-state index in [-0.39, 0.29) is 0 Å². The van der Waals surface area contributed by atoms with Crippen LogP contribution in [-0.2, 0) is 0 Å². The number of hydrogen-bond donors (Lipinski definition) is 1. The molecule has 0 saturated carbocycles. The molecule has 3 nitrogen and oxygen atoms in total. The predicted molar refractivity (Wildman–Crippen MR) is 77.7 cm³/mol. The molecule has 18 heavy (non-hydrogen) atoms. The van der Waals surface area contributed by atoms with Gasteiger partial charge >= 0.3 is 0 Å². The van der Waals surface area contributed by atoms with Gasteiger partial charge in [0.05, 0.1) is 0 Å². The second-order valence-corrected chi connectivity index (χ2v) is 6.25. The smallest absolute Gasteiger partial charge is 0.0245 e. The maximum Gasteiger partial charge on any atom is 0.0245 e. The molecule has 0 spiro atoms. The van der Waals surface area contributed by atoms with E-state index >= 15 is 0 Å². The van der Waals surface area contributed by atoms with Gasteiger partial charge in [-0.15, -0.1) is 0 Å². The first-order valence-electron chi connectivity index (χ1n) is 7.94. The van der Waals surface area contributed by atoms with Gasteiger partial charge in [-0.05, 0) is 31.7 Å². The maximum absolute atomic E-state index is 6.05. The summed E-state index contributed by atoms with van der Waals surface area (Å²) < 4.78 is 0. The molecule has 0 aromatic rings. The average molecular weight is 253 g/mol. The van der Waals surface area contributed by atoms with Gasteiger partial charge in [-0.1, -0.05) is 26.7 Å². The molecule has 2 fully saturated rings. The van der Waals surface area contributed by atoms with Crippen LogP contribution in [0.4, 0.5) is 0 Å². The topological polar surface area (TPSA) is 32.5 Å². The first kappa shape index (κ1) is 14.3. The zero-order chi connectivity index (χ0) is 13.0. The highest BCUT2D eigenvalue weighted by Gasteiger charge is 2.33. The Morgan fingerprint density at radius 2 is 2.06 bits per heavy atom. The Labute approximate surface area is 113 Å². The first-order chi connectivity index (χ1) is 8.76. The molecule has 2 aliphatic rings. The van der Waals surface area contributed by atoms with E-state index in [0.717, 1.165) is 18.5 Å². The molecule has 2 saturated heterocycles. The fourth-order valence-electron chi connectivity index (χ4n) is 3.87. The van der Waals surface area contributed by atoms with Crippen molar-refractivity contribution >= 4 is 0 Å². The molecule has 2 aliphatic heterocycles. The van der Waals surface area contributed by atoms with Gasteiger partial charge in [-0.25, -0.2) is 0 Å². The van der Waals surface area contributed by atoms with E-state index in [9.17, 15) is 0 Å². The standard InChI is InChI=1S/C15H31N3/c1-3-6-13(2)15(11-16)18-10-9-17-8-5-4-7-14(17)12-18/h13-15H,3-12,16H2,1-2H3. The van der Waals surface area contributed by atoms with Crippen molar-refractivity contribution in [3.8, 4) is 0 Å². The molecule has 2 heterocycles. The minimum absolute atomic E-state index is 0.606. The van der Waals surface area contributed by atoms with Crippen molar-refractivity contribution in [1.82, 2.24) is 9.80 Å². The lowest BCUT2D eigenvalue weighted by molar-refractivity contribution is 0.0156. The average Bonchev–Trinajstić information content (AvgIpc) is 2.40. The van der Waals surface area contributed by atoms with Crippen LogP contribution < -0.4 is 5.73 Å². The van der Waals surface area contributed by atoms with Crippen molar-refractivity contribution in [2.24, 2.45) is 11.7 Å². The summed E-state index contributed by atoms with van der Waals surface area (Å²) >= 11 is 0. The van der Waals surface area contributed by atoms with Gasteiger partial charge in [0.2, 0.25) is 0 Å². The predicted octanol–water partition coefficient (Wildman–Crippen LogP) is 1.92. The summed E-state index contributed by atoms with van der Waals surface area (Å²) in [7, 11) is 0. The van der Waals surface area contributed by atoms with Crippen LogP contribution in [0.25, 0.3) is 0 Å². The van der Waals surface area contributed by atoms with Crippen LogP contribution in [0, 0.1) is 5.92 Å². The Bertz CT molecular complexity index is 244. The molecule has 3 unspecified atom stereocenters. The number of piperazine rings is 1. The highest BCUT2D eigenvalue weighted by molar-refractivity contribution is 4.89. The Kier molecular flexibility index (Phi) is 5.46. The monoisotopic (exact) mass is 253 g/mol. The highest BCUT2D eigenvalue weighted by Crippen LogP contribution is 2.24. The van der Waals surface area contributed by atoms with Gasteiger partial charge in [-0.3, -0.25) is 9.80 Å². The van der Waals surface area contributed by atoms with Crippen LogP contribution >= 0.6 is 0 Å². The molecule has 0 aromatic heterocycles. The fourth-order valence-corrected chi connectivity index (χ4v) is 3.87. The lowest BCUT2D eigenvalue weighted by Crippen LogP contribution is -2.59. The minimum Gasteiger partial charge on any atom is -0.329 e. The molecule has 106 valence electrons. The van der Waals surface area contributed by atoms with Crippen LogP contribution in [0.2, 0.25) is 0 Å². The van der Waals surface area contributed by atoms with E-state index in [4.69, 9.17) is 5.73 Å². The third kappa shape index (κ3) is 3.25. The molecule has 0 bridgehead atoms. The van der Waals surface area contributed by atoms with Crippen molar-refractivity contribution in [2.75, 3.05) is 32.7 Å². The van der Waals surface area contributed by atoms with E-state index in [1.807, 2.05) is 0 Å². The fraction of sp³-hybridized carbons (Fsp3) is 1.00. The Morgan fingerprint density at radius 3 is 2.78 bits per heavy atom. The highest BCUT2D eigenvalue weighted by atomic mass is 15.3. The summed E-state index contributed by atoms with van der Waals surface area (Å²) in [5.41, 5.74) is 6.05. The van der Waals surface area contributed by atoms with Gasteiger partial charge < -0.3 is 5.73 Å². The van der Waals surface area contributed by atoms with Crippen LogP contribution in [0.1, 0.15) is 46.0 Å². The van der Waals surface area contributed by atoms with E-state index < -0.39 is 0 Å². The number of piperidine rings is 1. The lowest BCUT2D eigenvalue weighted by atomic mass is 9.92. The quantitative estimate of drug-likeness (QED) is 0.812. The van der Waals surface area contributed by atoms with Crippen molar-refractivity contribution in [3.63, 3.8) is 0 Å². The summed E-state index contributed by atoms with van der Waals surface area (Å²) in [4.78, 5) is 5.39. The normalized spacial score (nSPS) is 29.8. The molecule has 3 atom stereocenters. The van der Waals surface area contributed by atoms with Crippen molar-refractivity contribution in [1.29, 1.82) is 0 Å². The van der Waals surface area contributed by atoms with Crippen LogP contribution in [0.15, 0.2) is 0 Å². The summed E-state index contributed by atoms with van der Waals surface area (Å²) in [5.74, 6) is 0.746. The molecular formula is C15H31N3. The number of nitrogens with two attached hydrogens (primary N) is 1. The summed E-state index contributed by atoms with van der Waals surface area (Å²) in [6.45, 7) is 10.6. The second-order valence-electron chi connectivity index (χ2n) is 6.25. The largest absolute Gasteiger partial charge is 0.329 e. The molecule has 0 aliphatic carbocycles. The van der Waals surface area contributed by atoms with Crippen LogP contribution in [0.3, 0.4) is 0 Å². The zero-order valence-corrected chi connectivity index (χ0v) is 12.3. The van der Waals surface area contributed by atoms with Gasteiger partial charge in [0.15, 0.2) is 0 Å². The van der Waals surface area contributed by atoms with Crippen molar-refractivity contribution in [2.45, 2.75) is 58.0 Å². The van der Waals surface area contributed by atoms with E-state index in [1.165, 1.54) is 58.3 Å². The maximum atomic E-state index is 6.05. The molecule has 2 rings (SSSR count). The van der Waals surface area contributed by atoms with Crippen LogP contribution in [0.5, 0.6) is 0 Å². The Hall–Kier alpha value is -0.120. The molecule has 2 N–H and O–H groups in total. The summed E-state index contributed by atoms with van der Waals surface area (Å²) in [6, 6.07) is 1.42. The summed E-state index contributed by atoms with van der Waals surface area (Å²) in [5, 5.41) is 0. The number of hydrogen-bond acceptors (Lipinski definition) is 3. The van der Waals surface area contributed by atoms with Gasteiger partial charge in [0.25, 0.3) is 0 Å². The number of rotatable bonds is 5. The molecule has 0 aromatic carbocycles. The molecular weight excluding hydrogens is 222 g/mol. The van der Waals surface area contributed by atoms with Crippen molar-refractivity contribution in [3.05, 3.63) is 0 Å². The molecule has 0 radical (unpaired) electrons. The van der Waals surface area contributed by atoms with Gasteiger partial charge in [0.1, 0.15) is 0 Å². The Balaban J connectivity index is 1.91. The van der Waals surface area contributed by atoms with E-state index in [2.05, 4.69) is 23.6 Å². The van der Waals surface area contributed by atoms with Crippen LogP contribution in [-0.4, -0.2) is 54.6 Å². The number of fused-ring (bicyclic) bond motifs is 1. The zero-order valence-electron chi connectivity index (χ0n) is 12.3. The van der Waals surface area contributed by atoms with Gasteiger partial charge in [-0.2, -0.15) is 0 Å². The molecule has 0 amide bonds. The Morgan fingerprint density at radius 1 is 1.22 bits per heavy atom. The summed E-state index contributed by atoms with van der Waals surface area (Å²) in [6.07, 6.45) is 6.82.